The fourth-order valence-electron chi connectivity index (χ4n) is 3.90. The fourth-order valence-corrected chi connectivity index (χ4v) is 3.90. The molecule has 0 fully saturated rings. The second-order valence-electron chi connectivity index (χ2n) is 8.01. The lowest BCUT2D eigenvalue weighted by Gasteiger charge is -2.13. The second-order valence-corrected chi connectivity index (χ2v) is 8.01. The minimum atomic E-state index is -0.853. The molecule has 1 aromatic heterocycles. The summed E-state index contributed by atoms with van der Waals surface area (Å²) >= 11 is 0. The molecule has 1 atom stereocenters. The van der Waals surface area contributed by atoms with Gasteiger partial charge in [-0.2, -0.15) is 0 Å². The third-order valence-electron chi connectivity index (χ3n) is 5.67. The molecule has 1 amide bonds. The van der Waals surface area contributed by atoms with Crippen molar-refractivity contribution >= 4 is 28.9 Å². The van der Waals surface area contributed by atoms with Crippen LogP contribution >= 0.6 is 0 Å². The van der Waals surface area contributed by atoms with E-state index in [1.807, 2.05) is 24.3 Å². The van der Waals surface area contributed by atoms with Gasteiger partial charge in [0.1, 0.15) is 24.0 Å². The van der Waals surface area contributed by atoms with Crippen molar-refractivity contribution in [1.82, 2.24) is 5.32 Å². The van der Waals surface area contributed by atoms with E-state index in [-0.39, 0.29) is 6.61 Å². The zero-order valence-electron chi connectivity index (χ0n) is 18.6. The van der Waals surface area contributed by atoms with Gasteiger partial charge in [-0.1, -0.05) is 12.1 Å². The molecule has 0 aliphatic heterocycles. The average molecular weight is 447 g/mol. The van der Waals surface area contributed by atoms with Gasteiger partial charge in [-0.05, 0) is 73.2 Å². The van der Waals surface area contributed by atoms with E-state index >= 15 is 0 Å². The van der Waals surface area contributed by atoms with Crippen molar-refractivity contribution in [2.24, 2.45) is 0 Å². The van der Waals surface area contributed by atoms with Crippen LogP contribution in [0.2, 0.25) is 0 Å². The predicted octanol–water partition coefficient (Wildman–Crippen LogP) is 3.55. The Bertz CT molecular complexity index is 1270. The molecule has 0 bridgehead atoms. The number of benzene rings is 2. The van der Waals surface area contributed by atoms with Gasteiger partial charge >= 0.3 is 11.6 Å². The Balaban J connectivity index is 1.37. The van der Waals surface area contributed by atoms with E-state index in [0.29, 0.717) is 11.1 Å². The molecule has 2 aromatic carbocycles. The van der Waals surface area contributed by atoms with Crippen molar-refractivity contribution < 1.29 is 23.5 Å². The van der Waals surface area contributed by atoms with Gasteiger partial charge in [0.2, 0.25) is 5.91 Å². The molecule has 1 unspecified atom stereocenters. The Morgan fingerprint density at radius 3 is 2.58 bits per heavy atom. The monoisotopic (exact) mass is 447 g/mol. The first-order valence-electron chi connectivity index (χ1n) is 10.8. The number of ether oxygens (including phenoxy) is 2. The van der Waals surface area contributed by atoms with Crippen molar-refractivity contribution in [2.75, 3.05) is 7.11 Å². The molecule has 33 heavy (non-hydrogen) atoms. The number of hydrogen-bond acceptors (Lipinski definition) is 6. The minimum Gasteiger partial charge on any atom is -0.497 e. The summed E-state index contributed by atoms with van der Waals surface area (Å²) in [5.41, 5.74) is 3.84. The third-order valence-corrected chi connectivity index (χ3v) is 5.67. The average Bonchev–Trinajstić information content (AvgIpc) is 3.27. The summed E-state index contributed by atoms with van der Waals surface area (Å²) in [6.07, 6.45) is 6.02. The third kappa shape index (κ3) is 5.31. The van der Waals surface area contributed by atoms with Crippen LogP contribution < -0.4 is 15.7 Å². The highest BCUT2D eigenvalue weighted by atomic mass is 16.5. The molecule has 1 aliphatic rings. The minimum absolute atomic E-state index is 0.0817. The summed E-state index contributed by atoms with van der Waals surface area (Å²) in [5.74, 6) is -0.290. The van der Waals surface area contributed by atoms with Crippen LogP contribution in [0.25, 0.3) is 17.0 Å². The quantitative estimate of drug-likeness (QED) is 0.338. The highest BCUT2D eigenvalue weighted by Crippen LogP contribution is 2.28. The number of methoxy groups -OCH3 is 1. The lowest BCUT2D eigenvalue weighted by molar-refractivity contribution is -0.148. The topological polar surface area (TPSA) is 94.8 Å². The number of esters is 1. The van der Waals surface area contributed by atoms with E-state index in [2.05, 4.69) is 5.32 Å². The molecular weight excluding hydrogens is 422 g/mol. The molecule has 0 spiro atoms. The van der Waals surface area contributed by atoms with Crippen molar-refractivity contribution in [2.45, 2.75) is 38.8 Å². The van der Waals surface area contributed by atoms with Crippen LogP contribution in [-0.4, -0.2) is 25.0 Å². The van der Waals surface area contributed by atoms with Gasteiger partial charge in [0.15, 0.2) is 0 Å². The maximum Gasteiger partial charge on any atom is 0.336 e. The van der Waals surface area contributed by atoms with Crippen LogP contribution in [-0.2, 0) is 33.8 Å². The molecular formula is C26H25NO6. The molecule has 3 aromatic rings. The maximum atomic E-state index is 12.4. The van der Waals surface area contributed by atoms with Crippen molar-refractivity contribution in [3.05, 3.63) is 81.2 Å². The number of fused-ring (bicyclic) bond motifs is 2. The summed E-state index contributed by atoms with van der Waals surface area (Å²) in [6, 6.07) is 11.6. The largest absolute Gasteiger partial charge is 0.497 e. The number of aryl methyl sites for hydroxylation is 2. The number of hydrogen-bond donors (Lipinski definition) is 1. The highest BCUT2D eigenvalue weighted by Gasteiger charge is 2.19. The Morgan fingerprint density at radius 1 is 1.12 bits per heavy atom. The number of carbonyl (C=O) groups excluding carboxylic acids is 2. The lowest BCUT2D eigenvalue weighted by Crippen LogP contribution is -2.38. The summed E-state index contributed by atoms with van der Waals surface area (Å²) in [7, 11) is 1.58. The molecule has 0 saturated heterocycles. The number of nitrogens with one attached hydrogen (secondary N) is 1. The van der Waals surface area contributed by atoms with Crippen LogP contribution in [0.3, 0.4) is 0 Å². The Morgan fingerprint density at radius 2 is 1.85 bits per heavy atom. The van der Waals surface area contributed by atoms with Crippen molar-refractivity contribution in [3.63, 3.8) is 0 Å². The van der Waals surface area contributed by atoms with Crippen LogP contribution in [0, 0.1) is 0 Å². The van der Waals surface area contributed by atoms with E-state index in [1.165, 1.54) is 23.3 Å². The van der Waals surface area contributed by atoms with E-state index in [0.717, 1.165) is 36.0 Å². The van der Waals surface area contributed by atoms with E-state index in [1.54, 1.807) is 32.2 Å². The van der Waals surface area contributed by atoms with Gasteiger partial charge in [0, 0.05) is 23.1 Å². The van der Waals surface area contributed by atoms with E-state index < -0.39 is 23.5 Å². The van der Waals surface area contributed by atoms with Gasteiger partial charge in [0.25, 0.3) is 0 Å². The smallest absolute Gasteiger partial charge is 0.336 e. The molecule has 1 heterocycles. The molecule has 1 aliphatic carbocycles. The van der Waals surface area contributed by atoms with E-state index in [9.17, 15) is 14.4 Å². The zero-order valence-corrected chi connectivity index (χ0v) is 18.6. The molecule has 1 N–H and O–H groups in total. The van der Waals surface area contributed by atoms with Crippen molar-refractivity contribution in [3.8, 4) is 5.75 Å². The molecule has 0 saturated carbocycles. The molecule has 170 valence electrons. The summed E-state index contributed by atoms with van der Waals surface area (Å²) in [6.45, 7) is 1.47. The van der Waals surface area contributed by atoms with Crippen LogP contribution in [0.15, 0.2) is 57.8 Å². The predicted molar refractivity (Wildman–Crippen MR) is 124 cm³/mol. The van der Waals surface area contributed by atoms with Gasteiger partial charge in [0.05, 0.1) is 7.11 Å². The summed E-state index contributed by atoms with van der Waals surface area (Å²) < 4.78 is 15.8. The lowest BCUT2D eigenvalue weighted by atomic mass is 10.0. The van der Waals surface area contributed by atoms with E-state index in [4.69, 9.17) is 13.9 Å². The normalized spacial score (nSPS) is 13.6. The Hall–Kier alpha value is -3.87. The fraction of sp³-hybridized carbons (Fsp3) is 0.269. The number of amides is 1. The van der Waals surface area contributed by atoms with Gasteiger partial charge in [-0.15, -0.1) is 0 Å². The van der Waals surface area contributed by atoms with Gasteiger partial charge in [-0.25, -0.2) is 9.59 Å². The van der Waals surface area contributed by atoms with Crippen LogP contribution in [0.1, 0.15) is 35.6 Å². The first-order valence-corrected chi connectivity index (χ1v) is 10.8. The second kappa shape index (κ2) is 9.73. The summed E-state index contributed by atoms with van der Waals surface area (Å²) in [4.78, 5) is 36.6. The SMILES string of the molecule is COc1ccc(C=CC(=O)NC(C)C(=O)OCc2cc(=O)oc3cc4c(cc23)CCC4)cc1. The van der Waals surface area contributed by atoms with Crippen LogP contribution in [0.4, 0.5) is 0 Å². The Kier molecular flexibility index (Phi) is 6.58. The van der Waals surface area contributed by atoms with Gasteiger partial charge < -0.3 is 19.2 Å². The number of rotatable bonds is 7. The maximum absolute atomic E-state index is 12.4. The van der Waals surface area contributed by atoms with Crippen molar-refractivity contribution in [1.29, 1.82) is 0 Å². The molecule has 7 heteroatoms. The Labute approximate surface area is 191 Å². The van der Waals surface area contributed by atoms with Crippen LogP contribution in [0.5, 0.6) is 5.75 Å². The first kappa shape index (κ1) is 22.3. The highest BCUT2D eigenvalue weighted by molar-refractivity contribution is 5.94. The summed E-state index contributed by atoms with van der Waals surface area (Å²) in [5, 5.41) is 3.35. The zero-order chi connectivity index (χ0) is 23.4. The van der Waals surface area contributed by atoms with Gasteiger partial charge in [-0.3, -0.25) is 4.79 Å². The molecule has 0 radical (unpaired) electrons. The number of carbonyl (C=O) groups is 2. The standard InChI is InChI=1S/C26H25NO6/c1-16(27-24(28)11-8-17-6-9-21(31-2)10-7-17)26(30)32-15-20-14-25(29)33-23-13-19-5-3-4-18(19)12-22(20)23/h6-14,16H,3-5,15H2,1-2H3,(H,27,28). The molecule has 4 rings (SSSR count). The molecule has 7 nitrogen and oxygen atoms in total. The first-order chi connectivity index (χ1) is 15.9.